The molecule has 2 atom stereocenters. The van der Waals surface area contributed by atoms with Gasteiger partial charge >= 0.3 is 0 Å². The lowest BCUT2D eigenvalue weighted by Crippen LogP contribution is -2.47. The summed E-state index contributed by atoms with van der Waals surface area (Å²) < 4.78 is 29.4. The topological polar surface area (TPSA) is 66.8 Å². The number of benzene rings is 1. The lowest BCUT2D eigenvalue weighted by atomic mass is 10.1. The highest BCUT2D eigenvalue weighted by atomic mass is 32.2. The summed E-state index contributed by atoms with van der Waals surface area (Å²) in [4.78, 5) is 1.87. The van der Waals surface area contributed by atoms with Crippen LogP contribution in [0.5, 0.6) is 5.75 Å². The largest absolute Gasteiger partial charge is 0.496 e. The van der Waals surface area contributed by atoms with E-state index < -0.39 is 21.3 Å². The molecule has 7 heteroatoms. The molecule has 2 rings (SSSR count). The zero-order chi connectivity index (χ0) is 15.6. The van der Waals surface area contributed by atoms with E-state index in [-0.39, 0.29) is 0 Å². The van der Waals surface area contributed by atoms with Crippen molar-refractivity contribution < 1.29 is 18.3 Å². The van der Waals surface area contributed by atoms with Crippen molar-refractivity contribution in [3.8, 4) is 5.75 Å². The molecule has 0 aliphatic carbocycles. The van der Waals surface area contributed by atoms with Crippen molar-refractivity contribution in [1.82, 2.24) is 0 Å². The molecular formula is C14H21NO4S2. The van der Waals surface area contributed by atoms with Gasteiger partial charge in [0.1, 0.15) is 11.1 Å². The fourth-order valence-corrected chi connectivity index (χ4v) is 5.42. The Balaban J connectivity index is 2.53. The second-order valence-electron chi connectivity index (χ2n) is 5.12. The molecule has 0 radical (unpaired) electrons. The smallest absolute Gasteiger partial charge is 0.169 e. The Morgan fingerprint density at radius 1 is 1.48 bits per heavy atom. The number of thioether (sulfide) groups is 1. The Bertz CT molecular complexity index is 601. The van der Waals surface area contributed by atoms with Gasteiger partial charge in [-0.05, 0) is 19.1 Å². The van der Waals surface area contributed by atoms with Crippen LogP contribution in [0.25, 0.3) is 0 Å². The summed E-state index contributed by atoms with van der Waals surface area (Å²) in [5, 5.41) is 9.51. The highest BCUT2D eigenvalue weighted by molar-refractivity contribution is 8.01. The molecule has 1 N–H and O–H groups in total. The quantitative estimate of drug-likeness (QED) is 0.905. The van der Waals surface area contributed by atoms with E-state index in [1.807, 2.05) is 17.0 Å². The fraction of sp³-hybridized carbons (Fsp3) is 0.571. The van der Waals surface area contributed by atoms with Crippen molar-refractivity contribution in [2.45, 2.75) is 18.4 Å². The molecule has 1 aliphatic rings. The lowest BCUT2D eigenvalue weighted by molar-refractivity contribution is 0.194. The normalized spacial score (nSPS) is 21.1. The molecule has 1 aromatic rings. The molecule has 1 aromatic carbocycles. The van der Waals surface area contributed by atoms with Gasteiger partial charge in [-0.15, -0.1) is 0 Å². The minimum atomic E-state index is -3.20. The van der Waals surface area contributed by atoms with Gasteiger partial charge < -0.3 is 14.7 Å². The monoisotopic (exact) mass is 331 g/mol. The maximum Gasteiger partial charge on any atom is 0.169 e. The number of aliphatic hydroxyl groups is 1. The average molecular weight is 331 g/mol. The molecule has 21 heavy (non-hydrogen) atoms. The van der Waals surface area contributed by atoms with Gasteiger partial charge in [0.15, 0.2) is 9.84 Å². The van der Waals surface area contributed by atoms with Gasteiger partial charge in [0.2, 0.25) is 0 Å². The van der Waals surface area contributed by atoms with E-state index >= 15 is 0 Å². The molecule has 0 bridgehead atoms. The van der Waals surface area contributed by atoms with E-state index in [0.29, 0.717) is 23.6 Å². The Morgan fingerprint density at radius 3 is 2.76 bits per heavy atom. The zero-order valence-corrected chi connectivity index (χ0v) is 14.1. The number of rotatable bonds is 4. The van der Waals surface area contributed by atoms with Crippen molar-refractivity contribution in [3.05, 3.63) is 23.8 Å². The molecule has 0 saturated carbocycles. The SMILES string of the molecule is COc1cccc(N2CCSCC2S(C)(=O)=O)c1[C@H](C)O. The number of aliphatic hydroxyl groups excluding tert-OH is 1. The molecule has 118 valence electrons. The van der Waals surface area contributed by atoms with Crippen LogP contribution in [0.3, 0.4) is 0 Å². The number of hydrogen-bond acceptors (Lipinski definition) is 6. The van der Waals surface area contributed by atoms with E-state index in [0.717, 1.165) is 11.4 Å². The van der Waals surface area contributed by atoms with Crippen LogP contribution in [0.4, 0.5) is 5.69 Å². The van der Waals surface area contributed by atoms with Gasteiger partial charge in [0.25, 0.3) is 0 Å². The lowest BCUT2D eigenvalue weighted by Gasteiger charge is -2.37. The Labute approximate surface area is 130 Å². The van der Waals surface area contributed by atoms with Gasteiger partial charge in [0.05, 0.1) is 13.2 Å². The maximum absolute atomic E-state index is 12.1. The summed E-state index contributed by atoms with van der Waals surface area (Å²) in [6.45, 7) is 2.30. The molecule has 0 amide bonds. The van der Waals surface area contributed by atoms with Crippen molar-refractivity contribution >= 4 is 27.3 Å². The van der Waals surface area contributed by atoms with E-state index in [4.69, 9.17) is 4.74 Å². The predicted octanol–water partition coefficient (Wildman–Crippen LogP) is 1.67. The molecule has 1 heterocycles. The van der Waals surface area contributed by atoms with E-state index in [1.165, 1.54) is 6.26 Å². The van der Waals surface area contributed by atoms with Gasteiger partial charge in [-0.1, -0.05) is 6.07 Å². The third kappa shape index (κ3) is 3.46. The van der Waals surface area contributed by atoms with Crippen molar-refractivity contribution in [2.24, 2.45) is 0 Å². The number of ether oxygens (including phenoxy) is 1. The second kappa shape index (κ2) is 6.46. The van der Waals surface area contributed by atoms with Gasteiger partial charge in [-0.2, -0.15) is 11.8 Å². The molecule has 0 aromatic heterocycles. The van der Waals surface area contributed by atoms with E-state index in [1.54, 1.807) is 31.9 Å². The summed E-state index contributed by atoms with van der Waals surface area (Å²) in [5.74, 6) is 1.98. The summed E-state index contributed by atoms with van der Waals surface area (Å²) >= 11 is 1.64. The molecule has 1 aliphatic heterocycles. The molecule has 5 nitrogen and oxygen atoms in total. The first-order valence-corrected chi connectivity index (χ1v) is 9.85. The van der Waals surface area contributed by atoms with Crippen LogP contribution in [0.2, 0.25) is 0 Å². The van der Waals surface area contributed by atoms with Crippen molar-refractivity contribution in [2.75, 3.05) is 36.3 Å². The second-order valence-corrected chi connectivity index (χ2v) is 8.47. The van der Waals surface area contributed by atoms with Gasteiger partial charge in [-0.25, -0.2) is 8.42 Å². The van der Waals surface area contributed by atoms with Gasteiger partial charge in [0, 0.05) is 35.6 Å². The summed E-state index contributed by atoms with van der Waals surface area (Å²) in [7, 11) is -1.66. The third-order valence-electron chi connectivity index (χ3n) is 3.57. The highest BCUT2D eigenvalue weighted by Gasteiger charge is 2.33. The van der Waals surface area contributed by atoms with Crippen LogP contribution in [-0.4, -0.2) is 50.3 Å². The van der Waals surface area contributed by atoms with Crippen molar-refractivity contribution in [1.29, 1.82) is 0 Å². The first-order valence-electron chi connectivity index (χ1n) is 6.74. The van der Waals surface area contributed by atoms with Crippen LogP contribution in [0.1, 0.15) is 18.6 Å². The first-order chi connectivity index (χ1) is 9.86. The minimum absolute atomic E-state index is 0.537. The predicted molar refractivity (Wildman–Crippen MR) is 86.9 cm³/mol. The fourth-order valence-electron chi connectivity index (χ4n) is 2.59. The number of anilines is 1. The maximum atomic E-state index is 12.1. The van der Waals surface area contributed by atoms with Crippen LogP contribution in [0.15, 0.2) is 18.2 Å². The van der Waals surface area contributed by atoms with Crippen LogP contribution in [-0.2, 0) is 9.84 Å². The average Bonchev–Trinajstić information content (AvgIpc) is 2.45. The summed E-state index contributed by atoms with van der Waals surface area (Å²) in [6, 6.07) is 5.44. The molecular weight excluding hydrogens is 310 g/mol. The summed E-state index contributed by atoms with van der Waals surface area (Å²) in [6.07, 6.45) is 0.532. The molecule has 1 fully saturated rings. The Kier molecular flexibility index (Phi) is 5.06. The number of nitrogens with zero attached hydrogens (tertiary/aromatic N) is 1. The zero-order valence-electron chi connectivity index (χ0n) is 12.4. The summed E-state index contributed by atoms with van der Waals surface area (Å²) in [5.41, 5.74) is 1.38. The van der Waals surface area contributed by atoms with Crippen LogP contribution >= 0.6 is 11.8 Å². The van der Waals surface area contributed by atoms with E-state index in [9.17, 15) is 13.5 Å². The minimum Gasteiger partial charge on any atom is -0.496 e. The number of hydrogen-bond donors (Lipinski definition) is 1. The van der Waals surface area contributed by atoms with Crippen LogP contribution < -0.4 is 9.64 Å². The van der Waals surface area contributed by atoms with E-state index in [2.05, 4.69) is 0 Å². The third-order valence-corrected chi connectivity index (χ3v) is 6.21. The number of methoxy groups -OCH3 is 1. The van der Waals surface area contributed by atoms with Crippen molar-refractivity contribution in [3.63, 3.8) is 0 Å². The standard InChI is InChI=1S/C14H21NO4S2/c1-10(16)14-11(5-4-6-12(14)19-2)15-7-8-20-9-13(15)21(3,17)18/h4-6,10,13,16H,7-9H2,1-3H3/t10-,13?/m0/s1. The highest BCUT2D eigenvalue weighted by Crippen LogP contribution is 2.37. The molecule has 1 saturated heterocycles. The number of sulfone groups is 1. The van der Waals surface area contributed by atoms with Gasteiger partial charge in [-0.3, -0.25) is 0 Å². The Morgan fingerprint density at radius 2 is 2.19 bits per heavy atom. The molecule has 0 spiro atoms. The van der Waals surface area contributed by atoms with Crippen LogP contribution in [0, 0.1) is 0 Å². The first kappa shape index (κ1) is 16.5. The molecule has 1 unspecified atom stereocenters. The Hall–Kier alpha value is -0.920.